The highest BCUT2D eigenvalue weighted by Crippen LogP contribution is 2.11. The van der Waals surface area contributed by atoms with E-state index >= 15 is 0 Å². The number of hydrogen-bond acceptors (Lipinski definition) is 2. The average molecular weight is 512 g/mol. The third-order valence-electron chi connectivity index (χ3n) is 4.10. The van der Waals surface area contributed by atoms with Crippen LogP contribution >= 0.6 is 24.0 Å². The van der Waals surface area contributed by atoms with Crippen LogP contribution in [0.1, 0.15) is 31.9 Å². The van der Waals surface area contributed by atoms with Gasteiger partial charge in [0.1, 0.15) is 5.82 Å². The van der Waals surface area contributed by atoms with Crippen molar-refractivity contribution in [2.75, 3.05) is 18.4 Å². The zero-order valence-corrected chi connectivity index (χ0v) is 19.5. The second-order valence-electron chi connectivity index (χ2n) is 6.84. The second-order valence-corrected chi connectivity index (χ2v) is 6.84. The number of aliphatic imine (C=N–C) groups is 1. The Morgan fingerprint density at radius 2 is 1.79 bits per heavy atom. The first-order chi connectivity index (χ1) is 13.5. The van der Waals surface area contributed by atoms with Gasteiger partial charge in [-0.15, -0.1) is 24.0 Å². The molecular formula is C22H30FIN4O. The van der Waals surface area contributed by atoms with Crippen molar-refractivity contribution < 1.29 is 9.18 Å². The Balaban J connectivity index is 0.00000420. The maximum Gasteiger partial charge on any atom is 0.226 e. The average Bonchev–Trinajstić information content (AvgIpc) is 2.67. The van der Waals surface area contributed by atoms with Crippen molar-refractivity contribution in [1.29, 1.82) is 0 Å². The van der Waals surface area contributed by atoms with Crippen molar-refractivity contribution in [1.82, 2.24) is 10.6 Å². The molecule has 0 bridgehead atoms. The van der Waals surface area contributed by atoms with Crippen LogP contribution in [0.5, 0.6) is 0 Å². The lowest BCUT2D eigenvalue weighted by Gasteiger charge is -2.12. The smallest absolute Gasteiger partial charge is 0.226 e. The molecular weight excluding hydrogens is 482 g/mol. The number of rotatable bonds is 8. The first-order valence-corrected chi connectivity index (χ1v) is 9.64. The predicted molar refractivity (Wildman–Crippen MR) is 128 cm³/mol. The Hall–Kier alpha value is -2.16. The van der Waals surface area contributed by atoms with Gasteiger partial charge in [0, 0.05) is 24.7 Å². The first-order valence-electron chi connectivity index (χ1n) is 9.64. The van der Waals surface area contributed by atoms with Crippen LogP contribution in [0.15, 0.2) is 53.5 Å². The summed E-state index contributed by atoms with van der Waals surface area (Å²) >= 11 is 0. The minimum Gasteiger partial charge on any atom is -0.357 e. The van der Waals surface area contributed by atoms with Crippen molar-refractivity contribution in [3.05, 3.63) is 65.5 Å². The van der Waals surface area contributed by atoms with Crippen LogP contribution in [0.3, 0.4) is 0 Å². The fraction of sp³-hybridized carbons (Fsp3) is 0.364. The molecule has 0 spiro atoms. The fourth-order valence-corrected chi connectivity index (χ4v) is 2.51. The summed E-state index contributed by atoms with van der Waals surface area (Å²) in [5.74, 6) is 0.454. The molecule has 0 fully saturated rings. The Kier molecular flexibility index (Phi) is 11.3. The van der Waals surface area contributed by atoms with Gasteiger partial charge in [0.05, 0.1) is 6.54 Å². The highest BCUT2D eigenvalue weighted by atomic mass is 127. The largest absolute Gasteiger partial charge is 0.357 e. The van der Waals surface area contributed by atoms with E-state index in [1.165, 1.54) is 6.07 Å². The lowest BCUT2D eigenvalue weighted by atomic mass is 10.1. The first kappa shape index (κ1) is 24.9. The summed E-state index contributed by atoms with van der Waals surface area (Å²) in [5, 5.41) is 9.35. The maximum atomic E-state index is 13.2. The van der Waals surface area contributed by atoms with Gasteiger partial charge in [0.2, 0.25) is 5.91 Å². The zero-order valence-electron chi connectivity index (χ0n) is 17.2. The third kappa shape index (κ3) is 9.25. The van der Waals surface area contributed by atoms with E-state index in [2.05, 4.69) is 20.9 Å². The summed E-state index contributed by atoms with van der Waals surface area (Å²) in [7, 11) is 0. The number of guanidine groups is 1. The third-order valence-corrected chi connectivity index (χ3v) is 4.10. The van der Waals surface area contributed by atoms with E-state index in [4.69, 9.17) is 0 Å². The van der Waals surface area contributed by atoms with Gasteiger partial charge in [0.25, 0.3) is 0 Å². The normalized spacial score (nSPS) is 11.0. The van der Waals surface area contributed by atoms with Gasteiger partial charge < -0.3 is 16.0 Å². The van der Waals surface area contributed by atoms with Gasteiger partial charge in [-0.3, -0.25) is 4.79 Å². The lowest BCUT2D eigenvalue weighted by Crippen LogP contribution is -2.38. The molecule has 158 valence electrons. The molecule has 0 unspecified atom stereocenters. The minimum atomic E-state index is -0.217. The molecule has 0 heterocycles. The summed E-state index contributed by atoms with van der Waals surface area (Å²) in [6.45, 7) is 7.68. The van der Waals surface area contributed by atoms with E-state index in [1.807, 2.05) is 51.1 Å². The van der Waals surface area contributed by atoms with Gasteiger partial charge >= 0.3 is 0 Å². The molecule has 3 N–H and O–H groups in total. The van der Waals surface area contributed by atoms with Crippen LogP contribution in [0.25, 0.3) is 0 Å². The zero-order chi connectivity index (χ0) is 20.4. The molecule has 2 aromatic carbocycles. The molecule has 0 aliphatic rings. The van der Waals surface area contributed by atoms with Crippen molar-refractivity contribution in [3.63, 3.8) is 0 Å². The van der Waals surface area contributed by atoms with Crippen molar-refractivity contribution in [2.24, 2.45) is 10.9 Å². The molecule has 2 rings (SSSR count). The van der Waals surface area contributed by atoms with Gasteiger partial charge in [-0.05, 0) is 48.7 Å². The van der Waals surface area contributed by atoms with Crippen molar-refractivity contribution in [3.8, 4) is 0 Å². The molecule has 0 radical (unpaired) electrons. The van der Waals surface area contributed by atoms with Crippen molar-refractivity contribution in [2.45, 2.75) is 33.7 Å². The molecule has 29 heavy (non-hydrogen) atoms. The summed E-state index contributed by atoms with van der Waals surface area (Å²) in [5.41, 5.74) is 2.78. The number of halogens is 2. The maximum absolute atomic E-state index is 13.2. The lowest BCUT2D eigenvalue weighted by molar-refractivity contribution is -0.118. The molecule has 5 nitrogen and oxygen atoms in total. The van der Waals surface area contributed by atoms with Crippen LogP contribution in [-0.4, -0.2) is 25.0 Å². The summed E-state index contributed by atoms with van der Waals surface area (Å²) in [4.78, 5) is 16.3. The number of benzene rings is 2. The molecule has 0 saturated heterocycles. The minimum absolute atomic E-state index is 0. The number of nitrogens with one attached hydrogen (secondary N) is 3. The van der Waals surface area contributed by atoms with E-state index in [1.54, 1.807) is 12.1 Å². The summed E-state index contributed by atoms with van der Waals surface area (Å²) in [6, 6.07) is 14.3. The standard InChI is InChI=1S/C22H29FN4O.HI/c1-4-24-22(25-13-12-17-6-5-7-19(23)14-17)26-15-18-8-10-20(11-9-18)27-21(28)16(2)3;/h5-11,14,16H,4,12-13,15H2,1-3H3,(H,27,28)(H2,24,25,26);1H. The molecule has 0 atom stereocenters. The predicted octanol–water partition coefficient (Wildman–Crippen LogP) is 4.34. The Morgan fingerprint density at radius 3 is 2.41 bits per heavy atom. The van der Waals surface area contributed by atoms with E-state index in [0.717, 1.165) is 29.3 Å². The molecule has 0 saturated carbocycles. The topological polar surface area (TPSA) is 65.5 Å². The quantitative estimate of drug-likeness (QED) is 0.280. The highest BCUT2D eigenvalue weighted by Gasteiger charge is 2.06. The SMILES string of the molecule is CCNC(=NCc1ccc(NC(=O)C(C)C)cc1)NCCc1cccc(F)c1.I. The summed E-state index contributed by atoms with van der Waals surface area (Å²) < 4.78 is 13.2. The van der Waals surface area contributed by atoms with Crippen LogP contribution in [0.4, 0.5) is 10.1 Å². The fourth-order valence-electron chi connectivity index (χ4n) is 2.51. The number of amides is 1. The molecule has 0 aromatic heterocycles. The number of carbonyl (C=O) groups is 1. The van der Waals surface area contributed by atoms with Crippen LogP contribution in [0.2, 0.25) is 0 Å². The van der Waals surface area contributed by atoms with Gasteiger partial charge in [-0.2, -0.15) is 0 Å². The van der Waals surface area contributed by atoms with E-state index in [9.17, 15) is 9.18 Å². The molecule has 7 heteroatoms. The molecule has 0 aliphatic carbocycles. The van der Waals surface area contributed by atoms with E-state index in [0.29, 0.717) is 19.5 Å². The van der Waals surface area contributed by atoms with Gasteiger partial charge in [0.15, 0.2) is 5.96 Å². The molecule has 0 aliphatic heterocycles. The Labute approximate surface area is 189 Å². The Morgan fingerprint density at radius 1 is 1.07 bits per heavy atom. The van der Waals surface area contributed by atoms with Crippen molar-refractivity contribution >= 4 is 41.5 Å². The van der Waals surface area contributed by atoms with Crippen LogP contribution in [0, 0.1) is 11.7 Å². The molecule has 2 aromatic rings. The number of nitrogens with zero attached hydrogens (tertiary/aromatic N) is 1. The van der Waals surface area contributed by atoms with Crippen LogP contribution < -0.4 is 16.0 Å². The van der Waals surface area contributed by atoms with Gasteiger partial charge in [-0.1, -0.05) is 38.1 Å². The number of hydrogen-bond donors (Lipinski definition) is 3. The summed E-state index contributed by atoms with van der Waals surface area (Å²) in [6.07, 6.45) is 0.715. The number of anilines is 1. The monoisotopic (exact) mass is 512 g/mol. The van der Waals surface area contributed by atoms with Crippen LogP contribution in [-0.2, 0) is 17.8 Å². The second kappa shape index (κ2) is 13.1. The number of carbonyl (C=O) groups excluding carboxylic acids is 1. The van der Waals surface area contributed by atoms with Gasteiger partial charge in [-0.25, -0.2) is 9.38 Å². The van der Waals surface area contributed by atoms with E-state index in [-0.39, 0.29) is 41.6 Å². The Bertz CT molecular complexity index is 794. The van der Waals surface area contributed by atoms with E-state index < -0.39 is 0 Å². The molecule has 1 amide bonds. The highest BCUT2D eigenvalue weighted by molar-refractivity contribution is 14.0.